The van der Waals surface area contributed by atoms with Crippen LogP contribution in [0.5, 0.6) is 0 Å². The van der Waals surface area contributed by atoms with Crippen LogP contribution in [0.15, 0.2) is 197 Å². The lowest BCUT2D eigenvalue weighted by Gasteiger charge is -2.26. The lowest BCUT2D eigenvalue weighted by molar-refractivity contribution is 0.669. The van der Waals surface area contributed by atoms with Crippen LogP contribution >= 0.6 is 0 Å². The van der Waals surface area contributed by atoms with Crippen molar-refractivity contribution >= 4 is 82.5 Å². The van der Waals surface area contributed by atoms with Crippen molar-refractivity contribution in [1.29, 1.82) is 0 Å². The third kappa shape index (κ3) is 4.75. The number of furan rings is 2. The normalized spacial score (nSPS) is 11.8. The average Bonchev–Trinajstić information content (AvgIpc) is 3.81. The summed E-state index contributed by atoms with van der Waals surface area (Å²) in [6.45, 7) is 0. The predicted octanol–water partition coefficient (Wildman–Crippen LogP) is 14.6. The molecule has 248 valence electrons. The largest absolute Gasteiger partial charge is 0.456 e. The van der Waals surface area contributed by atoms with Gasteiger partial charge in [-0.2, -0.15) is 0 Å². The summed E-state index contributed by atoms with van der Waals surface area (Å²) in [7, 11) is 0. The summed E-state index contributed by atoms with van der Waals surface area (Å²) < 4.78 is 12.9. The van der Waals surface area contributed by atoms with Crippen molar-refractivity contribution < 1.29 is 8.83 Å². The van der Waals surface area contributed by atoms with Crippen LogP contribution < -0.4 is 4.90 Å². The predicted molar refractivity (Wildman–Crippen MR) is 222 cm³/mol. The highest BCUT2D eigenvalue weighted by atomic mass is 16.3. The van der Waals surface area contributed by atoms with Gasteiger partial charge < -0.3 is 13.7 Å². The lowest BCUT2D eigenvalue weighted by Crippen LogP contribution is -2.10. The molecule has 0 spiro atoms. The van der Waals surface area contributed by atoms with Crippen molar-refractivity contribution in [2.24, 2.45) is 0 Å². The van der Waals surface area contributed by atoms with Crippen LogP contribution in [0.4, 0.5) is 17.1 Å². The second-order valence-electron chi connectivity index (χ2n) is 13.7. The van der Waals surface area contributed by atoms with E-state index in [4.69, 9.17) is 8.83 Å². The molecule has 0 radical (unpaired) electrons. The number of hydrogen-bond donors (Lipinski definition) is 0. The molecule has 2 heterocycles. The summed E-state index contributed by atoms with van der Waals surface area (Å²) >= 11 is 0. The van der Waals surface area contributed by atoms with Gasteiger partial charge in [-0.05, 0) is 99.1 Å². The molecule has 0 unspecified atom stereocenters. The maximum absolute atomic E-state index is 6.65. The number of para-hydroxylation sites is 1. The van der Waals surface area contributed by atoms with E-state index >= 15 is 0 Å². The fourth-order valence-corrected chi connectivity index (χ4v) is 8.13. The fraction of sp³-hybridized carbons (Fsp3) is 0. The molecule has 0 aliphatic carbocycles. The molecule has 3 nitrogen and oxygen atoms in total. The Labute approximate surface area is 305 Å². The third-order valence-corrected chi connectivity index (χ3v) is 10.7. The standard InChI is InChI=1S/C50H31NO2/c1-2-11-36-31-37(20-19-32(36)9-1)33-21-26-38(27-22-33)51(44-15-8-18-47-49(44)43-30-25-34-10-3-4-12-41(34)50(43)53-47)39-28-23-35(24-29-39)40-14-7-17-46-48(40)42-13-5-6-16-45(42)52-46/h1-31H. The summed E-state index contributed by atoms with van der Waals surface area (Å²) in [5, 5.41) is 9.21. The summed E-state index contributed by atoms with van der Waals surface area (Å²) in [5.41, 5.74) is 11.4. The van der Waals surface area contributed by atoms with Crippen molar-refractivity contribution in [3.63, 3.8) is 0 Å². The van der Waals surface area contributed by atoms with Gasteiger partial charge in [0, 0.05) is 32.9 Å². The Morgan fingerprint density at radius 1 is 0.340 bits per heavy atom. The zero-order valence-corrected chi connectivity index (χ0v) is 28.7. The van der Waals surface area contributed by atoms with Gasteiger partial charge in [-0.25, -0.2) is 0 Å². The summed E-state index contributed by atoms with van der Waals surface area (Å²) in [5.74, 6) is 0. The molecule has 11 rings (SSSR count). The summed E-state index contributed by atoms with van der Waals surface area (Å²) in [6.07, 6.45) is 0. The number of rotatable bonds is 5. The zero-order chi connectivity index (χ0) is 34.9. The molecule has 0 aliphatic heterocycles. The molecule has 0 aliphatic rings. The molecule has 0 saturated carbocycles. The van der Waals surface area contributed by atoms with Gasteiger partial charge >= 0.3 is 0 Å². The second-order valence-corrected chi connectivity index (χ2v) is 13.7. The van der Waals surface area contributed by atoms with Crippen LogP contribution in [-0.2, 0) is 0 Å². The molecule has 0 atom stereocenters. The highest BCUT2D eigenvalue weighted by molar-refractivity contribution is 6.19. The first-order chi connectivity index (χ1) is 26.3. The van der Waals surface area contributed by atoms with Gasteiger partial charge in [-0.1, -0.05) is 127 Å². The molecule has 53 heavy (non-hydrogen) atoms. The van der Waals surface area contributed by atoms with E-state index in [-0.39, 0.29) is 0 Å². The van der Waals surface area contributed by atoms with E-state index in [1.54, 1.807) is 0 Å². The Bertz CT molecular complexity index is 3170. The topological polar surface area (TPSA) is 29.5 Å². The Morgan fingerprint density at radius 2 is 0.943 bits per heavy atom. The van der Waals surface area contributed by atoms with Crippen molar-refractivity contribution in [2.75, 3.05) is 4.90 Å². The Morgan fingerprint density at radius 3 is 1.75 bits per heavy atom. The molecule has 3 heteroatoms. The number of benzene rings is 9. The van der Waals surface area contributed by atoms with E-state index in [1.807, 2.05) is 12.1 Å². The molecule has 11 aromatic rings. The van der Waals surface area contributed by atoms with Gasteiger partial charge in [0.1, 0.15) is 22.3 Å². The van der Waals surface area contributed by atoms with Crippen molar-refractivity contribution in [3.8, 4) is 22.3 Å². The minimum Gasteiger partial charge on any atom is -0.456 e. The summed E-state index contributed by atoms with van der Waals surface area (Å²) in [4.78, 5) is 2.36. The maximum Gasteiger partial charge on any atom is 0.143 e. The quantitative estimate of drug-likeness (QED) is 0.182. The van der Waals surface area contributed by atoms with Crippen LogP contribution in [0.2, 0.25) is 0 Å². The Hall–Kier alpha value is -7.10. The molecular weight excluding hydrogens is 647 g/mol. The average molecular weight is 678 g/mol. The molecule has 0 N–H and O–H groups in total. The van der Waals surface area contributed by atoms with E-state index in [9.17, 15) is 0 Å². The fourth-order valence-electron chi connectivity index (χ4n) is 8.13. The van der Waals surface area contributed by atoms with Gasteiger partial charge in [0.05, 0.1) is 11.1 Å². The first-order valence-electron chi connectivity index (χ1n) is 18.0. The minimum atomic E-state index is 0.863. The van der Waals surface area contributed by atoms with Crippen molar-refractivity contribution in [3.05, 3.63) is 188 Å². The van der Waals surface area contributed by atoms with E-state index < -0.39 is 0 Å². The third-order valence-electron chi connectivity index (χ3n) is 10.7. The molecule has 0 bridgehead atoms. The van der Waals surface area contributed by atoms with Crippen molar-refractivity contribution in [1.82, 2.24) is 0 Å². The number of anilines is 3. The van der Waals surface area contributed by atoms with E-state index in [2.05, 4.69) is 181 Å². The maximum atomic E-state index is 6.65. The van der Waals surface area contributed by atoms with Crippen LogP contribution in [0, 0.1) is 0 Å². The smallest absolute Gasteiger partial charge is 0.143 e. The number of hydrogen-bond acceptors (Lipinski definition) is 3. The molecule has 2 aromatic heterocycles. The van der Waals surface area contributed by atoms with Crippen molar-refractivity contribution in [2.45, 2.75) is 0 Å². The van der Waals surface area contributed by atoms with Gasteiger partial charge in [0.15, 0.2) is 0 Å². The van der Waals surface area contributed by atoms with E-state index in [0.29, 0.717) is 0 Å². The van der Waals surface area contributed by atoms with Gasteiger partial charge in [0.2, 0.25) is 0 Å². The minimum absolute atomic E-state index is 0.863. The van der Waals surface area contributed by atoms with Gasteiger partial charge in [0.25, 0.3) is 0 Å². The second kappa shape index (κ2) is 11.7. The number of fused-ring (bicyclic) bond motifs is 9. The van der Waals surface area contributed by atoms with Crippen LogP contribution in [0.1, 0.15) is 0 Å². The molecule has 9 aromatic carbocycles. The highest BCUT2D eigenvalue weighted by Crippen LogP contribution is 2.45. The lowest BCUT2D eigenvalue weighted by atomic mass is 9.98. The molecule has 0 amide bonds. The van der Waals surface area contributed by atoms with Crippen LogP contribution in [0.25, 0.3) is 87.7 Å². The zero-order valence-electron chi connectivity index (χ0n) is 28.7. The first kappa shape index (κ1) is 29.6. The Kier molecular flexibility index (Phi) is 6.55. The molecular formula is C50H31NO2. The monoisotopic (exact) mass is 677 g/mol. The van der Waals surface area contributed by atoms with Crippen LogP contribution in [0.3, 0.4) is 0 Å². The van der Waals surface area contributed by atoms with E-state index in [1.165, 1.54) is 21.9 Å². The first-order valence-corrected chi connectivity index (χ1v) is 18.0. The SMILES string of the molecule is c1ccc2cc(-c3ccc(N(c4ccc(-c5cccc6oc7ccccc7c56)cc4)c4cccc5oc6c7ccccc7ccc6c45)cc3)ccc2c1. The summed E-state index contributed by atoms with van der Waals surface area (Å²) in [6, 6.07) is 66.8. The molecule has 0 saturated heterocycles. The van der Waals surface area contributed by atoms with Gasteiger partial charge in [-0.15, -0.1) is 0 Å². The van der Waals surface area contributed by atoms with Crippen LogP contribution in [-0.4, -0.2) is 0 Å². The Balaban J connectivity index is 1.08. The number of nitrogens with zero attached hydrogens (tertiary/aromatic N) is 1. The van der Waals surface area contributed by atoms with Gasteiger partial charge in [-0.3, -0.25) is 0 Å². The highest BCUT2D eigenvalue weighted by Gasteiger charge is 2.21. The molecule has 0 fully saturated rings. The van der Waals surface area contributed by atoms with E-state index in [0.717, 1.165) is 82.8 Å².